The van der Waals surface area contributed by atoms with E-state index in [2.05, 4.69) is 25.3 Å². The highest BCUT2D eigenvalue weighted by atomic mass is 16.5. The Morgan fingerprint density at radius 1 is 1.22 bits per heavy atom. The molecule has 0 aliphatic carbocycles. The van der Waals surface area contributed by atoms with Gasteiger partial charge in [-0.2, -0.15) is 4.98 Å². The molecule has 3 rings (SSSR count). The van der Waals surface area contributed by atoms with Crippen LogP contribution in [0.2, 0.25) is 0 Å². The lowest BCUT2D eigenvalue weighted by molar-refractivity contribution is -0.137. The third-order valence-electron chi connectivity index (χ3n) is 4.85. The van der Waals surface area contributed by atoms with Crippen LogP contribution in [-0.2, 0) is 11.2 Å². The van der Waals surface area contributed by atoms with Gasteiger partial charge in [-0.25, -0.2) is 19.7 Å². The predicted molar refractivity (Wildman–Crippen MR) is 118 cm³/mol. The number of carbonyl (C=O) groups excluding carboxylic acids is 1. The van der Waals surface area contributed by atoms with Gasteiger partial charge in [0, 0.05) is 51.2 Å². The minimum absolute atomic E-state index is 0.0220. The Kier molecular flexibility index (Phi) is 9.39. The number of ether oxygens (including phenoxy) is 1. The van der Waals surface area contributed by atoms with E-state index in [0.29, 0.717) is 43.8 Å². The number of nitrogens with zero attached hydrogens (tertiary/aromatic N) is 6. The molecule has 1 saturated heterocycles. The molecule has 0 bridgehead atoms. The highest BCUT2D eigenvalue weighted by Gasteiger charge is 2.27. The molecular formula is C20H30N8O4. The van der Waals surface area contributed by atoms with Gasteiger partial charge in [0.25, 0.3) is 0 Å². The quantitative estimate of drug-likeness (QED) is 0.508. The average Bonchev–Trinajstić information content (AvgIpc) is 3.15. The lowest BCUT2D eigenvalue weighted by atomic mass is 10.1. The van der Waals surface area contributed by atoms with Crippen molar-refractivity contribution in [3.05, 3.63) is 29.7 Å². The summed E-state index contributed by atoms with van der Waals surface area (Å²) in [7, 11) is 3.28. The second-order valence-corrected chi connectivity index (χ2v) is 6.99. The first-order valence-corrected chi connectivity index (χ1v) is 10.2. The zero-order valence-electron chi connectivity index (χ0n) is 18.6. The lowest BCUT2D eigenvalue weighted by Gasteiger charge is -2.18. The van der Waals surface area contributed by atoms with Crippen LogP contribution in [0.1, 0.15) is 24.1 Å². The Bertz CT molecular complexity index is 897. The number of rotatable bonds is 9. The van der Waals surface area contributed by atoms with Crippen LogP contribution < -0.4 is 15.8 Å². The summed E-state index contributed by atoms with van der Waals surface area (Å²) in [6.45, 7) is 3.97. The van der Waals surface area contributed by atoms with Gasteiger partial charge in [0.15, 0.2) is 0 Å². The van der Waals surface area contributed by atoms with Gasteiger partial charge >= 0.3 is 18.0 Å². The number of aromatic nitrogens is 4. The first-order valence-electron chi connectivity index (χ1n) is 10.2. The molecule has 1 aliphatic heterocycles. The average molecular weight is 447 g/mol. The highest BCUT2D eigenvalue weighted by Crippen LogP contribution is 2.17. The summed E-state index contributed by atoms with van der Waals surface area (Å²) in [5, 5.41) is 11.6. The van der Waals surface area contributed by atoms with Crippen LogP contribution in [0, 0.1) is 6.92 Å². The number of aryl methyl sites for hydroxylation is 1. The Morgan fingerprint density at radius 3 is 2.44 bits per heavy atom. The smallest absolute Gasteiger partial charge is 0.320 e. The van der Waals surface area contributed by atoms with Gasteiger partial charge in [-0.3, -0.25) is 4.79 Å². The standard InChI is InChI=1S/C15H24N6O3.C5H6N2O/c1-10-11(18-14(17-2)19-13(10)16)4-3-6-20-8-9-21(15(20)24)7-5-12(22)23;1-8-5-6-3-2-4-7-5/h3-9H2,1-2H3,(H,22,23)(H3,16,17,18,19);2-4H,1H3. The van der Waals surface area contributed by atoms with E-state index in [9.17, 15) is 9.59 Å². The van der Waals surface area contributed by atoms with Gasteiger partial charge in [-0.1, -0.05) is 0 Å². The topological polar surface area (TPSA) is 160 Å². The Morgan fingerprint density at radius 2 is 1.88 bits per heavy atom. The summed E-state index contributed by atoms with van der Waals surface area (Å²) in [5.41, 5.74) is 7.62. The van der Waals surface area contributed by atoms with Crippen LogP contribution in [0.15, 0.2) is 18.5 Å². The molecule has 4 N–H and O–H groups in total. The first kappa shape index (κ1) is 24.6. The third kappa shape index (κ3) is 7.22. The molecule has 1 fully saturated rings. The van der Waals surface area contributed by atoms with Crippen molar-refractivity contribution in [3.63, 3.8) is 0 Å². The van der Waals surface area contributed by atoms with Gasteiger partial charge in [0.1, 0.15) is 5.82 Å². The molecule has 0 radical (unpaired) electrons. The number of amides is 2. The summed E-state index contributed by atoms with van der Waals surface area (Å²) in [4.78, 5) is 42.2. The molecule has 12 nitrogen and oxygen atoms in total. The fourth-order valence-electron chi connectivity index (χ4n) is 3.04. The number of hydrogen-bond acceptors (Lipinski definition) is 9. The van der Waals surface area contributed by atoms with Crippen molar-refractivity contribution >= 4 is 23.8 Å². The summed E-state index contributed by atoms with van der Waals surface area (Å²) < 4.78 is 4.69. The zero-order valence-corrected chi connectivity index (χ0v) is 18.6. The molecule has 0 aromatic carbocycles. The number of hydrogen-bond donors (Lipinski definition) is 3. The summed E-state index contributed by atoms with van der Waals surface area (Å²) >= 11 is 0. The Hall–Kier alpha value is -3.70. The van der Waals surface area contributed by atoms with Crippen LogP contribution in [0.25, 0.3) is 0 Å². The molecular weight excluding hydrogens is 416 g/mol. The number of carboxylic acids is 1. The Labute approximate surface area is 186 Å². The van der Waals surface area contributed by atoms with Crippen molar-refractivity contribution in [2.45, 2.75) is 26.2 Å². The normalized spacial score (nSPS) is 12.9. The molecule has 2 amide bonds. The highest BCUT2D eigenvalue weighted by molar-refractivity contribution is 5.77. The number of nitrogens with one attached hydrogen (secondary N) is 1. The van der Waals surface area contributed by atoms with E-state index in [1.807, 2.05) is 6.92 Å². The lowest BCUT2D eigenvalue weighted by Crippen LogP contribution is -2.33. The minimum Gasteiger partial charge on any atom is -0.481 e. The second-order valence-electron chi connectivity index (χ2n) is 6.99. The summed E-state index contributed by atoms with van der Waals surface area (Å²) in [6, 6.07) is 2.06. The molecule has 0 unspecified atom stereocenters. The number of anilines is 2. The fraction of sp³-hybridized carbons (Fsp3) is 0.500. The van der Waals surface area contributed by atoms with Crippen molar-refractivity contribution in [2.24, 2.45) is 0 Å². The van der Waals surface area contributed by atoms with Crippen LogP contribution in [-0.4, -0.2) is 87.2 Å². The molecule has 3 heterocycles. The molecule has 0 saturated carbocycles. The van der Waals surface area contributed by atoms with E-state index in [4.69, 9.17) is 15.6 Å². The van der Waals surface area contributed by atoms with Crippen LogP contribution in [0.3, 0.4) is 0 Å². The number of carboxylic acid groups (broad SMARTS) is 1. The maximum absolute atomic E-state index is 12.2. The number of urea groups is 1. The van der Waals surface area contributed by atoms with E-state index in [0.717, 1.165) is 17.7 Å². The van der Waals surface area contributed by atoms with Gasteiger partial charge in [-0.15, -0.1) is 0 Å². The molecule has 12 heteroatoms. The minimum atomic E-state index is -0.890. The van der Waals surface area contributed by atoms with Crippen molar-refractivity contribution < 1.29 is 19.4 Å². The first-order chi connectivity index (χ1) is 15.3. The predicted octanol–water partition coefficient (Wildman–Crippen LogP) is 1.04. The van der Waals surface area contributed by atoms with E-state index in [1.165, 1.54) is 7.11 Å². The maximum Gasteiger partial charge on any atom is 0.320 e. The monoisotopic (exact) mass is 446 g/mol. The van der Waals surface area contributed by atoms with Crippen molar-refractivity contribution in [1.82, 2.24) is 29.7 Å². The number of methoxy groups -OCH3 is 1. The van der Waals surface area contributed by atoms with E-state index < -0.39 is 5.97 Å². The van der Waals surface area contributed by atoms with E-state index in [1.54, 1.807) is 35.3 Å². The molecule has 2 aromatic rings. The summed E-state index contributed by atoms with van der Waals surface area (Å²) in [5.74, 6) is 0.0602. The number of aliphatic carboxylic acids is 1. The molecule has 0 atom stereocenters. The second kappa shape index (κ2) is 12.2. The van der Waals surface area contributed by atoms with Crippen molar-refractivity contribution in [2.75, 3.05) is 51.4 Å². The van der Waals surface area contributed by atoms with Crippen LogP contribution in [0.5, 0.6) is 6.01 Å². The fourth-order valence-corrected chi connectivity index (χ4v) is 3.04. The van der Waals surface area contributed by atoms with Gasteiger partial charge < -0.3 is 30.7 Å². The maximum atomic E-state index is 12.2. The van der Waals surface area contributed by atoms with Gasteiger partial charge in [0.05, 0.1) is 19.2 Å². The van der Waals surface area contributed by atoms with Gasteiger partial charge in [-0.05, 0) is 25.8 Å². The van der Waals surface area contributed by atoms with Crippen molar-refractivity contribution in [1.29, 1.82) is 0 Å². The largest absolute Gasteiger partial charge is 0.481 e. The molecule has 174 valence electrons. The SMILES string of the molecule is CNc1nc(N)c(C)c(CCCN2CCN(CCC(=O)O)C2=O)n1.COc1ncccn1. The molecule has 1 aliphatic rings. The zero-order chi connectivity index (χ0) is 23.5. The number of nitrogens with two attached hydrogens (primary N) is 1. The van der Waals surface area contributed by atoms with Crippen molar-refractivity contribution in [3.8, 4) is 6.01 Å². The third-order valence-corrected chi connectivity index (χ3v) is 4.85. The Balaban J connectivity index is 0.000000380. The van der Waals surface area contributed by atoms with Gasteiger partial charge in [0.2, 0.25) is 5.95 Å². The molecule has 0 spiro atoms. The number of carbonyl (C=O) groups is 2. The van der Waals surface area contributed by atoms with Crippen LogP contribution in [0.4, 0.5) is 16.6 Å². The number of nitrogen functional groups attached to an aromatic ring is 1. The molecule has 32 heavy (non-hydrogen) atoms. The molecule has 2 aromatic heterocycles. The van der Waals surface area contributed by atoms with E-state index in [-0.39, 0.29) is 19.0 Å². The van der Waals surface area contributed by atoms with Crippen LogP contribution >= 0.6 is 0 Å². The van der Waals surface area contributed by atoms with E-state index >= 15 is 0 Å². The summed E-state index contributed by atoms with van der Waals surface area (Å²) in [6.07, 6.45) is 4.70.